The fourth-order valence-electron chi connectivity index (χ4n) is 1.06. The van der Waals surface area contributed by atoms with E-state index in [0.717, 1.165) is 32.4 Å². The molecule has 0 aromatic carbocycles. The Morgan fingerprint density at radius 3 is 2.79 bits per heavy atom. The van der Waals surface area contributed by atoms with Crippen LogP contribution in [-0.2, 0) is 9.53 Å². The van der Waals surface area contributed by atoms with Crippen molar-refractivity contribution >= 4 is 5.97 Å². The lowest BCUT2D eigenvalue weighted by atomic mass is 10.2. The molecular weight excluding hydrogens is 178 g/mol. The van der Waals surface area contributed by atoms with E-state index in [-0.39, 0.29) is 5.97 Å². The molecule has 3 heteroatoms. The van der Waals surface area contributed by atoms with Crippen LogP contribution in [0, 0.1) is 0 Å². The van der Waals surface area contributed by atoms with Crippen molar-refractivity contribution in [1.82, 2.24) is 5.32 Å². The van der Waals surface area contributed by atoms with E-state index in [1.165, 1.54) is 6.08 Å². The highest BCUT2D eigenvalue weighted by Gasteiger charge is 1.95. The highest BCUT2D eigenvalue weighted by Crippen LogP contribution is 1.95. The largest absolute Gasteiger partial charge is 0.463 e. The molecule has 0 radical (unpaired) electrons. The summed E-state index contributed by atoms with van der Waals surface area (Å²) in [5.41, 5.74) is 0. The van der Waals surface area contributed by atoms with Crippen LogP contribution in [0.15, 0.2) is 12.2 Å². The number of rotatable bonds is 8. The number of hydrogen-bond donors (Lipinski definition) is 1. The SMILES string of the molecule is CC=CC(=O)OCCCCCNCC. The zero-order valence-electron chi connectivity index (χ0n) is 9.21. The second-order valence-electron chi connectivity index (χ2n) is 3.08. The van der Waals surface area contributed by atoms with Crippen LogP contribution in [0.1, 0.15) is 33.1 Å². The molecule has 0 heterocycles. The average Bonchev–Trinajstić information content (AvgIpc) is 2.17. The van der Waals surface area contributed by atoms with Gasteiger partial charge < -0.3 is 10.1 Å². The molecule has 0 aliphatic heterocycles. The molecule has 0 spiro atoms. The monoisotopic (exact) mass is 199 g/mol. The van der Waals surface area contributed by atoms with Gasteiger partial charge in [-0.25, -0.2) is 4.79 Å². The predicted octanol–water partition coefficient (Wildman–Crippen LogP) is 1.89. The summed E-state index contributed by atoms with van der Waals surface area (Å²) in [5.74, 6) is -0.237. The predicted molar refractivity (Wildman–Crippen MR) is 58.2 cm³/mol. The third-order valence-corrected chi connectivity index (χ3v) is 1.79. The molecular formula is C11H21NO2. The van der Waals surface area contributed by atoms with E-state index in [1.54, 1.807) is 13.0 Å². The van der Waals surface area contributed by atoms with E-state index < -0.39 is 0 Å². The number of esters is 1. The highest BCUT2D eigenvalue weighted by molar-refractivity contribution is 5.81. The van der Waals surface area contributed by atoms with Gasteiger partial charge in [0.05, 0.1) is 6.61 Å². The second kappa shape index (κ2) is 10.3. The first-order valence-electron chi connectivity index (χ1n) is 5.31. The average molecular weight is 199 g/mol. The summed E-state index contributed by atoms with van der Waals surface area (Å²) in [6.45, 7) is 6.52. The Morgan fingerprint density at radius 2 is 2.14 bits per heavy atom. The van der Waals surface area contributed by atoms with Crippen LogP contribution in [0.4, 0.5) is 0 Å². The first kappa shape index (κ1) is 13.2. The van der Waals surface area contributed by atoms with Gasteiger partial charge in [0.2, 0.25) is 0 Å². The van der Waals surface area contributed by atoms with Gasteiger partial charge in [0.1, 0.15) is 0 Å². The van der Waals surface area contributed by atoms with Crippen LogP contribution in [0.3, 0.4) is 0 Å². The molecule has 0 aromatic rings. The summed E-state index contributed by atoms with van der Waals surface area (Å²) in [6.07, 6.45) is 6.34. The molecule has 0 aliphatic rings. The number of carbonyl (C=O) groups excluding carboxylic acids is 1. The molecule has 3 nitrogen and oxygen atoms in total. The normalized spacial score (nSPS) is 10.7. The van der Waals surface area contributed by atoms with Crippen molar-refractivity contribution in [2.45, 2.75) is 33.1 Å². The maximum Gasteiger partial charge on any atom is 0.330 e. The zero-order chi connectivity index (χ0) is 10.6. The first-order valence-corrected chi connectivity index (χ1v) is 5.31. The van der Waals surface area contributed by atoms with Crippen molar-refractivity contribution in [2.75, 3.05) is 19.7 Å². The molecule has 1 N–H and O–H groups in total. The summed E-state index contributed by atoms with van der Waals surface area (Å²) >= 11 is 0. The van der Waals surface area contributed by atoms with Crippen molar-refractivity contribution in [1.29, 1.82) is 0 Å². The van der Waals surface area contributed by atoms with E-state index in [1.807, 2.05) is 0 Å². The fraction of sp³-hybridized carbons (Fsp3) is 0.727. The van der Waals surface area contributed by atoms with Crippen LogP contribution in [0.2, 0.25) is 0 Å². The minimum absolute atomic E-state index is 0.237. The van der Waals surface area contributed by atoms with Crippen LogP contribution in [0.5, 0.6) is 0 Å². The minimum Gasteiger partial charge on any atom is -0.463 e. The molecule has 0 rings (SSSR count). The Labute approximate surface area is 86.5 Å². The third kappa shape index (κ3) is 9.26. The number of carbonyl (C=O) groups is 1. The number of hydrogen-bond acceptors (Lipinski definition) is 3. The minimum atomic E-state index is -0.237. The molecule has 82 valence electrons. The Morgan fingerprint density at radius 1 is 1.36 bits per heavy atom. The lowest BCUT2D eigenvalue weighted by Crippen LogP contribution is -2.14. The van der Waals surface area contributed by atoms with Gasteiger partial charge in [-0.15, -0.1) is 0 Å². The molecule has 0 unspecified atom stereocenters. The van der Waals surface area contributed by atoms with E-state index in [9.17, 15) is 4.79 Å². The van der Waals surface area contributed by atoms with Crippen LogP contribution < -0.4 is 5.32 Å². The fourth-order valence-corrected chi connectivity index (χ4v) is 1.06. The van der Waals surface area contributed by atoms with Gasteiger partial charge in [0.25, 0.3) is 0 Å². The lowest BCUT2D eigenvalue weighted by molar-refractivity contribution is -0.137. The molecule has 14 heavy (non-hydrogen) atoms. The molecule has 0 fully saturated rings. The van der Waals surface area contributed by atoms with E-state index in [0.29, 0.717) is 6.61 Å². The van der Waals surface area contributed by atoms with Gasteiger partial charge in [-0.05, 0) is 39.3 Å². The Balaban J connectivity index is 3.09. The number of nitrogens with one attached hydrogen (secondary N) is 1. The smallest absolute Gasteiger partial charge is 0.330 e. The van der Waals surface area contributed by atoms with Gasteiger partial charge in [-0.3, -0.25) is 0 Å². The maximum absolute atomic E-state index is 10.9. The van der Waals surface area contributed by atoms with Crippen molar-refractivity contribution in [3.63, 3.8) is 0 Å². The quantitative estimate of drug-likeness (QED) is 0.368. The van der Waals surface area contributed by atoms with Crippen LogP contribution in [-0.4, -0.2) is 25.7 Å². The first-order chi connectivity index (χ1) is 6.81. The topological polar surface area (TPSA) is 38.3 Å². The molecule has 0 saturated carbocycles. The van der Waals surface area contributed by atoms with Crippen LogP contribution in [0.25, 0.3) is 0 Å². The van der Waals surface area contributed by atoms with Gasteiger partial charge in [-0.2, -0.15) is 0 Å². The van der Waals surface area contributed by atoms with Crippen LogP contribution >= 0.6 is 0 Å². The number of unbranched alkanes of at least 4 members (excludes halogenated alkanes) is 2. The third-order valence-electron chi connectivity index (χ3n) is 1.79. The molecule has 0 bridgehead atoms. The van der Waals surface area contributed by atoms with Gasteiger partial charge in [-0.1, -0.05) is 13.0 Å². The van der Waals surface area contributed by atoms with E-state index in [2.05, 4.69) is 12.2 Å². The van der Waals surface area contributed by atoms with Gasteiger partial charge in [0, 0.05) is 6.08 Å². The number of allylic oxidation sites excluding steroid dienone is 1. The standard InChI is InChI=1S/C11H21NO2/c1-3-8-11(13)14-10-7-5-6-9-12-4-2/h3,8,12H,4-7,9-10H2,1-2H3. The maximum atomic E-state index is 10.9. The van der Waals surface area contributed by atoms with Crippen molar-refractivity contribution < 1.29 is 9.53 Å². The zero-order valence-corrected chi connectivity index (χ0v) is 9.21. The van der Waals surface area contributed by atoms with Gasteiger partial charge in [0.15, 0.2) is 0 Å². The second-order valence-corrected chi connectivity index (χ2v) is 3.08. The molecule has 0 aliphatic carbocycles. The summed E-state index contributed by atoms with van der Waals surface area (Å²) < 4.78 is 4.94. The van der Waals surface area contributed by atoms with Crippen molar-refractivity contribution in [3.8, 4) is 0 Å². The molecule has 0 saturated heterocycles. The molecule has 0 aromatic heterocycles. The number of ether oxygens (including phenoxy) is 1. The molecule has 0 atom stereocenters. The van der Waals surface area contributed by atoms with E-state index >= 15 is 0 Å². The summed E-state index contributed by atoms with van der Waals surface area (Å²) in [6, 6.07) is 0. The Bertz CT molecular complexity index is 167. The summed E-state index contributed by atoms with van der Waals surface area (Å²) in [4.78, 5) is 10.9. The van der Waals surface area contributed by atoms with Gasteiger partial charge >= 0.3 is 5.97 Å². The van der Waals surface area contributed by atoms with Crippen molar-refractivity contribution in [2.24, 2.45) is 0 Å². The van der Waals surface area contributed by atoms with E-state index in [4.69, 9.17) is 4.74 Å². The summed E-state index contributed by atoms with van der Waals surface area (Å²) in [7, 11) is 0. The molecule has 0 amide bonds. The summed E-state index contributed by atoms with van der Waals surface area (Å²) in [5, 5.41) is 3.25. The Hall–Kier alpha value is -0.830. The Kier molecular flexibility index (Phi) is 9.64. The van der Waals surface area contributed by atoms with Crippen molar-refractivity contribution in [3.05, 3.63) is 12.2 Å². The highest BCUT2D eigenvalue weighted by atomic mass is 16.5. The lowest BCUT2D eigenvalue weighted by Gasteiger charge is -2.02.